The third kappa shape index (κ3) is 5.83. The molecule has 5 heteroatoms. The Kier molecular flexibility index (Phi) is 7.66. The number of hydrogen-bond donors (Lipinski definition) is 1. The molecule has 0 radical (unpaired) electrons. The van der Waals surface area contributed by atoms with E-state index >= 15 is 0 Å². The second-order valence-electron chi connectivity index (χ2n) is 7.42. The van der Waals surface area contributed by atoms with E-state index in [1.807, 2.05) is 60.7 Å². The molecule has 32 heavy (non-hydrogen) atoms. The minimum Gasteiger partial charge on any atom is -0.494 e. The summed E-state index contributed by atoms with van der Waals surface area (Å²) in [6.45, 7) is 2.96. The molecule has 162 valence electrons. The normalized spacial score (nSPS) is 11.0. The van der Waals surface area contributed by atoms with Gasteiger partial charge < -0.3 is 4.74 Å². The molecule has 0 saturated carbocycles. The molecule has 3 aromatic carbocycles. The fourth-order valence-electron chi connectivity index (χ4n) is 3.30. The lowest BCUT2D eigenvalue weighted by Crippen LogP contribution is -1.97. The van der Waals surface area contributed by atoms with Crippen molar-refractivity contribution in [1.82, 2.24) is 4.98 Å². The molecule has 4 rings (SSSR count). The molecular weight excluding hydrogens is 414 g/mol. The predicted molar refractivity (Wildman–Crippen MR) is 136 cm³/mol. The second-order valence-corrected chi connectivity index (χ2v) is 8.42. The number of nitrogens with zero attached hydrogens (tertiary/aromatic N) is 2. The number of unbranched alkanes of at least 4 members (excludes halogenated alkanes) is 2. The minimum atomic E-state index is 0.759. The van der Waals surface area contributed by atoms with Gasteiger partial charge >= 0.3 is 0 Å². The maximum atomic E-state index is 5.77. The highest BCUT2D eigenvalue weighted by Crippen LogP contribution is 2.38. The third-order valence-electron chi connectivity index (χ3n) is 4.98. The molecule has 0 saturated heterocycles. The summed E-state index contributed by atoms with van der Waals surface area (Å²) in [5.74, 6) is 0.895. The molecule has 0 amide bonds. The number of rotatable bonds is 10. The Labute approximate surface area is 193 Å². The minimum absolute atomic E-state index is 0.759. The number of hydrazone groups is 1. The summed E-state index contributed by atoms with van der Waals surface area (Å²) in [7, 11) is 0. The van der Waals surface area contributed by atoms with E-state index in [1.165, 1.54) is 12.8 Å². The van der Waals surface area contributed by atoms with Gasteiger partial charge in [-0.25, -0.2) is 4.98 Å². The van der Waals surface area contributed by atoms with E-state index < -0.39 is 0 Å². The van der Waals surface area contributed by atoms with Crippen LogP contribution in [0.1, 0.15) is 31.7 Å². The van der Waals surface area contributed by atoms with Crippen molar-refractivity contribution in [3.8, 4) is 27.4 Å². The Morgan fingerprint density at radius 3 is 2.25 bits per heavy atom. The Morgan fingerprint density at radius 2 is 1.56 bits per heavy atom. The zero-order valence-corrected chi connectivity index (χ0v) is 19.0. The average molecular weight is 442 g/mol. The van der Waals surface area contributed by atoms with Gasteiger partial charge in [-0.15, -0.1) is 0 Å². The highest BCUT2D eigenvalue weighted by molar-refractivity contribution is 7.19. The van der Waals surface area contributed by atoms with Gasteiger partial charge in [0.1, 0.15) is 5.75 Å². The van der Waals surface area contributed by atoms with Gasteiger partial charge in [-0.2, -0.15) is 5.10 Å². The smallest absolute Gasteiger partial charge is 0.204 e. The molecule has 1 heterocycles. The second kappa shape index (κ2) is 11.3. The molecule has 0 aliphatic rings. The van der Waals surface area contributed by atoms with Crippen LogP contribution in [-0.4, -0.2) is 17.8 Å². The lowest BCUT2D eigenvalue weighted by atomic mass is 10.1. The van der Waals surface area contributed by atoms with Gasteiger partial charge in [0, 0.05) is 5.56 Å². The molecule has 4 aromatic rings. The number of aromatic nitrogens is 1. The van der Waals surface area contributed by atoms with Crippen LogP contribution < -0.4 is 10.2 Å². The zero-order chi connectivity index (χ0) is 22.0. The van der Waals surface area contributed by atoms with E-state index in [0.29, 0.717) is 0 Å². The van der Waals surface area contributed by atoms with Crippen molar-refractivity contribution >= 4 is 22.7 Å². The lowest BCUT2D eigenvalue weighted by molar-refractivity contribution is 0.306. The monoisotopic (exact) mass is 441 g/mol. The van der Waals surface area contributed by atoms with Crippen LogP contribution in [0.15, 0.2) is 90.0 Å². The average Bonchev–Trinajstić information content (AvgIpc) is 3.28. The highest BCUT2D eigenvalue weighted by atomic mass is 32.1. The van der Waals surface area contributed by atoms with Gasteiger partial charge in [-0.05, 0) is 41.8 Å². The molecule has 0 atom stereocenters. The van der Waals surface area contributed by atoms with Crippen molar-refractivity contribution in [1.29, 1.82) is 0 Å². The number of nitrogens with one attached hydrogen (secondary N) is 1. The summed E-state index contributed by atoms with van der Waals surface area (Å²) >= 11 is 1.60. The number of thiazole rings is 1. The van der Waals surface area contributed by atoms with Gasteiger partial charge in [0.05, 0.1) is 23.4 Å². The largest absolute Gasteiger partial charge is 0.494 e. The summed E-state index contributed by atoms with van der Waals surface area (Å²) in [5.41, 5.74) is 7.31. The SMILES string of the molecule is CCCCCOc1ccc(/C=N\Nc2nc(-c3ccccc3)c(-c3ccccc3)s2)cc1. The van der Waals surface area contributed by atoms with Gasteiger partial charge in [0.15, 0.2) is 0 Å². The van der Waals surface area contributed by atoms with Crippen molar-refractivity contribution in [3.63, 3.8) is 0 Å². The van der Waals surface area contributed by atoms with Crippen molar-refractivity contribution in [2.75, 3.05) is 12.0 Å². The van der Waals surface area contributed by atoms with E-state index in [2.05, 4.69) is 41.7 Å². The molecule has 0 aliphatic heterocycles. The van der Waals surface area contributed by atoms with E-state index in [0.717, 1.165) is 51.2 Å². The Hall–Kier alpha value is -3.44. The quantitative estimate of drug-likeness (QED) is 0.157. The first-order chi connectivity index (χ1) is 15.8. The summed E-state index contributed by atoms with van der Waals surface area (Å²) in [6.07, 6.45) is 5.29. The van der Waals surface area contributed by atoms with Crippen LogP contribution in [0.4, 0.5) is 5.13 Å². The summed E-state index contributed by atoms with van der Waals surface area (Å²) in [4.78, 5) is 5.95. The molecule has 1 aromatic heterocycles. The van der Waals surface area contributed by atoms with E-state index in [4.69, 9.17) is 9.72 Å². The van der Waals surface area contributed by atoms with E-state index in [9.17, 15) is 0 Å². The summed E-state index contributed by atoms with van der Waals surface area (Å²) in [5, 5.41) is 5.16. The van der Waals surface area contributed by atoms with Gasteiger partial charge in [-0.1, -0.05) is 91.8 Å². The number of benzene rings is 3. The van der Waals surface area contributed by atoms with Crippen LogP contribution in [0.25, 0.3) is 21.7 Å². The van der Waals surface area contributed by atoms with Crippen LogP contribution in [0.2, 0.25) is 0 Å². The van der Waals surface area contributed by atoms with Crippen LogP contribution in [0.5, 0.6) is 5.75 Å². The van der Waals surface area contributed by atoms with Crippen molar-refractivity contribution < 1.29 is 4.74 Å². The van der Waals surface area contributed by atoms with Crippen LogP contribution in [0.3, 0.4) is 0 Å². The van der Waals surface area contributed by atoms with Crippen molar-refractivity contribution in [2.24, 2.45) is 5.10 Å². The number of hydrogen-bond acceptors (Lipinski definition) is 5. The lowest BCUT2D eigenvalue weighted by Gasteiger charge is -2.05. The van der Waals surface area contributed by atoms with E-state index in [1.54, 1.807) is 17.6 Å². The van der Waals surface area contributed by atoms with Gasteiger partial charge in [-0.3, -0.25) is 5.43 Å². The first-order valence-electron chi connectivity index (χ1n) is 11.0. The molecule has 0 spiro atoms. The molecule has 0 aliphatic carbocycles. The maximum Gasteiger partial charge on any atom is 0.204 e. The molecule has 0 bridgehead atoms. The van der Waals surface area contributed by atoms with Crippen LogP contribution in [-0.2, 0) is 0 Å². The van der Waals surface area contributed by atoms with Crippen molar-refractivity contribution in [3.05, 3.63) is 90.5 Å². The Bertz CT molecular complexity index is 1070. The molecule has 0 unspecified atom stereocenters. The predicted octanol–water partition coefficient (Wildman–Crippen LogP) is 7.49. The summed E-state index contributed by atoms with van der Waals surface area (Å²) in [6, 6.07) is 28.6. The summed E-state index contributed by atoms with van der Waals surface area (Å²) < 4.78 is 5.77. The topological polar surface area (TPSA) is 46.5 Å². The molecule has 0 fully saturated rings. The zero-order valence-electron chi connectivity index (χ0n) is 18.2. The molecular formula is C27H27N3OS. The standard InChI is InChI=1S/C27H27N3OS/c1-2-3-10-19-31-24-17-15-21(16-18-24)20-28-30-27-29-25(22-11-6-4-7-12-22)26(32-27)23-13-8-5-9-14-23/h4-9,11-18,20H,2-3,10,19H2,1H3,(H,29,30)/b28-20-. The molecule has 4 nitrogen and oxygen atoms in total. The Balaban J connectivity index is 1.45. The highest BCUT2D eigenvalue weighted by Gasteiger charge is 2.14. The molecule has 1 N–H and O–H groups in total. The third-order valence-corrected chi connectivity index (χ3v) is 5.99. The maximum absolute atomic E-state index is 5.77. The number of anilines is 1. The first kappa shape index (κ1) is 21.8. The van der Waals surface area contributed by atoms with Crippen molar-refractivity contribution in [2.45, 2.75) is 26.2 Å². The fraction of sp³-hybridized carbons (Fsp3) is 0.185. The van der Waals surface area contributed by atoms with Crippen LogP contribution in [0, 0.1) is 0 Å². The fourth-order valence-corrected chi connectivity index (χ4v) is 4.24. The number of ether oxygens (including phenoxy) is 1. The van der Waals surface area contributed by atoms with E-state index in [-0.39, 0.29) is 0 Å². The first-order valence-corrected chi connectivity index (χ1v) is 11.8. The van der Waals surface area contributed by atoms with Gasteiger partial charge in [0.25, 0.3) is 0 Å². The Morgan fingerprint density at radius 1 is 0.875 bits per heavy atom. The van der Waals surface area contributed by atoms with Crippen LogP contribution >= 0.6 is 11.3 Å². The van der Waals surface area contributed by atoms with Gasteiger partial charge in [0.2, 0.25) is 5.13 Å².